The lowest BCUT2D eigenvalue weighted by Gasteiger charge is -2.25. The largest absolute Gasteiger partial charge is 0.493 e. The minimum atomic E-state index is -0.0846. The molecule has 7 nitrogen and oxygen atoms in total. The second-order valence-electron chi connectivity index (χ2n) is 7.91. The predicted octanol–water partition coefficient (Wildman–Crippen LogP) is 4.27. The number of benzene rings is 2. The highest BCUT2D eigenvalue weighted by molar-refractivity contribution is 5.93. The van der Waals surface area contributed by atoms with Crippen molar-refractivity contribution in [3.63, 3.8) is 0 Å². The Hall–Kier alpha value is -3.58. The summed E-state index contributed by atoms with van der Waals surface area (Å²) >= 11 is 0. The van der Waals surface area contributed by atoms with Crippen LogP contribution in [0.4, 0.5) is 0 Å². The molecule has 1 unspecified atom stereocenters. The molecule has 1 saturated heterocycles. The van der Waals surface area contributed by atoms with E-state index in [9.17, 15) is 4.79 Å². The van der Waals surface area contributed by atoms with Gasteiger partial charge in [-0.05, 0) is 42.7 Å². The number of aromatic nitrogens is 2. The molecule has 1 amide bonds. The number of amides is 1. The molecule has 1 aliphatic rings. The fourth-order valence-electron chi connectivity index (χ4n) is 3.89. The smallest absolute Gasteiger partial charge is 0.257 e. The van der Waals surface area contributed by atoms with Crippen LogP contribution in [0.5, 0.6) is 11.5 Å². The molecule has 0 spiro atoms. The summed E-state index contributed by atoms with van der Waals surface area (Å²) in [5.41, 5.74) is 2.39. The maximum Gasteiger partial charge on any atom is 0.257 e. The third kappa shape index (κ3) is 5.62. The summed E-state index contributed by atoms with van der Waals surface area (Å²) in [4.78, 5) is 15.3. The van der Waals surface area contributed by atoms with Gasteiger partial charge >= 0.3 is 0 Å². The van der Waals surface area contributed by atoms with E-state index in [2.05, 4.69) is 11.7 Å². The van der Waals surface area contributed by atoms with Crippen molar-refractivity contribution in [1.82, 2.24) is 14.7 Å². The summed E-state index contributed by atoms with van der Waals surface area (Å²) in [7, 11) is 1.60. The first kappa shape index (κ1) is 22.6. The average molecular weight is 448 g/mol. The quantitative estimate of drug-likeness (QED) is 0.435. The molecule has 1 aromatic heterocycles. The number of nitrogens with zero attached hydrogens (tertiary/aromatic N) is 3. The number of carbonyl (C=O) groups excluding carboxylic acids is 1. The molecule has 172 valence electrons. The van der Waals surface area contributed by atoms with Gasteiger partial charge in [-0.1, -0.05) is 36.9 Å². The van der Waals surface area contributed by atoms with Crippen LogP contribution in [0.25, 0.3) is 5.69 Å². The van der Waals surface area contributed by atoms with Gasteiger partial charge in [-0.15, -0.1) is 0 Å². The Balaban J connectivity index is 1.55. The summed E-state index contributed by atoms with van der Waals surface area (Å²) in [6.45, 7) is 5.75. The van der Waals surface area contributed by atoms with Gasteiger partial charge in [0, 0.05) is 25.9 Å². The van der Waals surface area contributed by atoms with Crippen LogP contribution in [0.2, 0.25) is 0 Å². The molecule has 1 fully saturated rings. The summed E-state index contributed by atoms with van der Waals surface area (Å²) in [5, 5.41) is 4.39. The van der Waals surface area contributed by atoms with Gasteiger partial charge < -0.3 is 19.1 Å². The fourth-order valence-corrected chi connectivity index (χ4v) is 3.89. The van der Waals surface area contributed by atoms with Crippen LogP contribution in [0.15, 0.2) is 73.6 Å². The minimum absolute atomic E-state index is 0.0372. The Morgan fingerprint density at radius 2 is 2.12 bits per heavy atom. The van der Waals surface area contributed by atoms with Crippen LogP contribution < -0.4 is 9.47 Å². The second-order valence-corrected chi connectivity index (χ2v) is 7.91. The summed E-state index contributed by atoms with van der Waals surface area (Å²) < 4.78 is 18.7. The SMILES string of the molecule is C=CCOc1ccc(CN(CC2CCCO2)C(=O)c2cnn(-c3ccccc3)c2)cc1OC. The zero-order valence-electron chi connectivity index (χ0n) is 18.9. The molecule has 0 saturated carbocycles. The molecule has 1 aliphatic heterocycles. The number of hydrogen-bond donors (Lipinski definition) is 0. The van der Waals surface area contributed by atoms with Gasteiger partial charge in [0.15, 0.2) is 11.5 Å². The molecule has 2 heterocycles. The van der Waals surface area contributed by atoms with Crippen LogP contribution in [-0.2, 0) is 11.3 Å². The van der Waals surface area contributed by atoms with E-state index < -0.39 is 0 Å². The zero-order chi connectivity index (χ0) is 23.0. The van der Waals surface area contributed by atoms with E-state index in [1.165, 1.54) is 0 Å². The molecule has 0 radical (unpaired) electrons. The molecule has 1 atom stereocenters. The van der Waals surface area contributed by atoms with Gasteiger partial charge in [-0.2, -0.15) is 5.10 Å². The average Bonchev–Trinajstić information content (AvgIpc) is 3.55. The Morgan fingerprint density at radius 1 is 1.27 bits per heavy atom. The minimum Gasteiger partial charge on any atom is -0.493 e. The first-order valence-corrected chi connectivity index (χ1v) is 11.1. The Morgan fingerprint density at radius 3 is 2.85 bits per heavy atom. The van der Waals surface area contributed by atoms with Crippen LogP contribution >= 0.6 is 0 Å². The number of carbonyl (C=O) groups is 1. The van der Waals surface area contributed by atoms with Crippen LogP contribution in [0.1, 0.15) is 28.8 Å². The van der Waals surface area contributed by atoms with Gasteiger partial charge in [0.2, 0.25) is 0 Å². The second kappa shape index (κ2) is 10.8. The third-order valence-electron chi connectivity index (χ3n) is 5.54. The van der Waals surface area contributed by atoms with E-state index in [-0.39, 0.29) is 12.0 Å². The van der Waals surface area contributed by atoms with Gasteiger partial charge in [0.25, 0.3) is 5.91 Å². The number of methoxy groups -OCH3 is 1. The molecule has 3 aromatic rings. The van der Waals surface area contributed by atoms with Crippen LogP contribution in [0.3, 0.4) is 0 Å². The van der Waals surface area contributed by atoms with E-state index in [0.29, 0.717) is 36.8 Å². The predicted molar refractivity (Wildman–Crippen MR) is 126 cm³/mol. The maximum atomic E-state index is 13.5. The van der Waals surface area contributed by atoms with Gasteiger partial charge in [-0.3, -0.25) is 4.79 Å². The van der Waals surface area contributed by atoms with Crippen molar-refractivity contribution in [2.24, 2.45) is 0 Å². The van der Waals surface area contributed by atoms with E-state index >= 15 is 0 Å². The molecule has 2 aromatic carbocycles. The zero-order valence-corrected chi connectivity index (χ0v) is 18.9. The van der Waals surface area contributed by atoms with Crippen molar-refractivity contribution in [3.05, 3.63) is 84.7 Å². The third-order valence-corrected chi connectivity index (χ3v) is 5.54. The van der Waals surface area contributed by atoms with Gasteiger partial charge in [0.05, 0.1) is 30.7 Å². The number of hydrogen-bond acceptors (Lipinski definition) is 5. The fraction of sp³-hybridized carbons (Fsp3) is 0.308. The molecule has 4 rings (SSSR count). The van der Waals surface area contributed by atoms with Crippen molar-refractivity contribution >= 4 is 5.91 Å². The Bertz CT molecular complexity index is 1070. The number of rotatable bonds is 10. The highest BCUT2D eigenvalue weighted by Gasteiger charge is 2.25. The standard InChI is InChI=1S/C26H29N3O4/c1-3-13-33-24-12-11-20(15-25(24)31-2)17-28(19-23-10-7-14-32-23)26(30)21-16-27-29(18-21)22-8-5-4-6-9-22/h3-6,8-9,11-12,15-16,18,23H,1,7,10,13-14,17,19H2,2H3. The molecule has 33 heavy (non-hydrogen) atoms. The summed E-state index contributed by atoms with van der Waals surface area (Å²) in [5.74, 6) is 1.18. The maximum absolute atomic E-state index is 13.5. The van der Waals surface area contributed by atoms with Gasteiger partial charge in [-0.25, -0.2) is 4.68 Å². The van der Waals surface area contributed by atoms with E-state index in [1.807, 2.05) is 53.4 Å². The van der Waals surface area contributed by atoms with E-state index in [0.717, 1.165) is 30.7 Å². The molecule has 0 aliphatic carbocycles. The van der Waals surface area contributed by atoms with Crippen molar-refractivity contribution in [2.75, 3.05) is 26.9 Å². The molecular formula is C26H29N3O4. The van der Waals surface area contributed by atoms with Crippen molar-refractivity contribution in [1.29, 1.82) is 0 Å². The molecule has 7 heteroatoms. The molecule has 0 bridgehead atoms. The van der Waals surface area contributed by atoms with E-state index in [4.69, 9.17) is 14.2 Å². The highest BCUT2D eigenvalue weighted by atomic mass is 16.5. The molecular weight excluding hydrogens is 418 g/mol. The summed E-state index contributed by atoms with van der Waals surface area (Å²) in [6, 6.07) is 15.5. The van der Waals surface area contributed by atoms with Crippen molar-refractivity contribution in [3.8, 4) is 17.2 Å². The first-order chi connectivity index (χ1) is 16.2. The first-order valence-electron chi connectivity index (χ1n) is 11.1. The molecule has 0 N–H and O–H groups in total. The number of para-hydroxylation sites is 1. The highest BCUT2D eigenvalue weighted by Crippen LogP contribution is 2.29. The van der Waals surface area contributed by atoms with Crippen LogP contribution in [-0.4, -0.2) is 53.6 Å². The topological polar surface area (TPSA) is 65.8 Å². The van der Waals surface area contributed by atoms with Crippen molar-refractivity contribution < 1.29 is 19.0 Å². The van der Waals surface area contributed by atoms with Crippen molar-refractivity contribution in [2.45, 2.75) is 25.5 Å². The summed E-state index contributed by atoms with van der Waals surface area (Å²) in [6.07, 6.45) is 7.07. The van der Waals surface area contributed by atoms with Crippen LogP contribution in [0, 0.1) is 0 Å². The lowest BCUT2D eigenvalue weighted by molar-refractivity contribution is 0.0507. The lowest BCUT2D eigenvalue weighted by Crippen LogP contribution is -2.36. The Kier molecular flexibility index (Phi) is 7.42. The number of ether oxygens (including phenoxy) is 3. The Labute approximate surface area is 194 Å². The monoisotopic (exact) mass is 447 g/mol. The lowest BCUT2D eigenvalue weighted by atomic mass is 10.1. The normalized spacial score (nSPS) is 15.2. The van der Waals surface area contributed by atoms with E-state index in [1.54, 1.807) is 30.3 Å². The van der Waals surface area contributed by atoms with Gasteiger partial charge in [0.1, 0.15) is 6.61 Å².